The molecule has 2 aromatic rings. The molecule has 1 atom stereocenters. The number of carbonyl (C=O) groups excluding carboxylic acids is 1. The zero-order chi connectivity index (χ0) is 18.0. The molecule has 130 valence electrons. The molecule has 0 saturated heterocycles. The van der Waals surface area contributed by atoms with Crippen LogP contribution in [0.3, 0.4) is 0 Å². The molecule has 0 amide bonds. The molecule has 1 unspecified atom stereocenters. The third-order valence-corrected chi connectivity index (χ3v) is 3.94. The highest BCUT2D eigenvalue weighted by Crippen LogP contribution is 2.32. The molecule has 0 aliphatic carbocycles. The molecule has 3 rings (SSSR count). The smallest absolute Gasteiger partial charge is 0.492 e. The van der Waals surface area contributed by atoms with Crippen molar-refractivity contribution < 1.29 is 28.7 Å². The summed E-state index contributed by atoms with van der Waals surface area (Å²) in [5, 5.41) is 21.9. The Morgan fingerprint density at radius 2 is 2.24 bits per heavy atom. The number of aromatic nitrogens is 1. The number of aryl methyl sites for hydroxylation is 1. The van der Waals surface area contributed by atoms with Gasteiger partial charge in [0.2, 0.25) is 0 Å². The van der Waals surface area contributed by atoms with Gasteiger partial charge in [-0.3, -0.25) is 4.79 Å². The van der Waals surface area contributed by atoms with Crippen molar-refractivity contribution in [1.29, 1.82) is 0 Å². The zero-order valence-electron chi connectivity index (χ0n) is 14.0. The van der Waals surface area contributed by atoms with Crippen LogP contribution in [0.4, 0.5) is 0 Å². The van der Waals surface area contributed by atoms with Crippen molar-refractivity contribution in [2.45, 2.75) is 26.4 Å². The number of pyridine rings is 1. The number of benzene rings is 1. The topological polar surface area (TPSA) is 91.9 Å². The summed E-state index contributed by atoms with van der Waals surface area (Å²) in [6.07, 6.45) is 0.792. The van der Waals surface area contributed by atoms with Crippen LogP contribution in [0.2, 0.25) is 0 Å². The van der Waals surface area contributed by atoms with Crippen LogP contribution in [0.25, 0.3) is 0 Å². The van der Waals surface area contributed by atoms with Crippen molar-refractivity contribution in [3.63, 3.8) is 0 Å². The summed E-state index contributed by atoms with van der Waals surface area (Å²) in [6, 6.07) is 8.20. The zero-order valence-corrected chi connectivity index (χ0v) is 14.0. The van der Waals surface area contributed by atoms with Gasteiger partial charge in [0.15, 0.2) is 6.20 Å². The predicted molar refractivity (Wildman–Crippen MR) is 89.3 cm³/mol. The molecular weight excluding hydrogens is 325 g/mol. The van der Waals surface area contributed by atoms with E-state index in [1.165, 1.54) is 6.20 Å². The fraction of sp³-hybridized carbons (Fsp3) is 0.294. The number of hydrogen-bond acceptors (Lipinski definition) is 6. The molecular formula is C17H18BNO6. The van der Waals surface area contributed by atoms with Crippen LogP contribution in [-0.2, 0) is 14.2 Å². The second-order valence-corrected chi connectivity index (χ2v) is 5.70. The Balaban J connectivity index is 1.87. The first-order valence-corrected chi connectivity index (χ1v) is 7.99. The van der Waals surface area contributed by atoms with E-state index in [0.717, 1.165) is 11.1 Å². The van der Waals surface area contributed by atoms with Crippen molar-refractivity contribution >= 4 is 18.6 Å². The van der Waals surface area contributed by atoms with Crippen LogP contribution in [-0.4, -0.2) is 24.7 Å². The van der Waals surface area contributed by atoms with E-state index < -0.39 is 13.2 Å². The highest BCUT2D eigenvalue weighted by atomic mass is 16.6. The van der Waals surface area contributed by atoms with Crippen molar-refractivity contribution in [2.75, 3.05) is 6.61 Å². The maximum atomic E-state index is 11.7. The molecule has 0 radical (unpaired) electrons. The van der Waals surface area contributed by atoms with Gasteiger partial charge in [0.25, 0.3) is 0 Å². The second kappa shape index (κ2) is 7.12. The van der Waals surface area contributed by atoms with Crippen LogP contribution in [0.5, 0.6) is 11.6 Å². The molecule has 0 spiro atoms. The molecule has 0 bridgehead atoms. The quantitative estimate of drug-likeness (QED) is 0.379. The lowest BCUT2D eigenvalue weighted by molar-refractivity contribution is -0.611. The normalized spacial score (nSPS) is 15.8. The Morgan fingerprint density at radius 3 is 2.96 bits per heavy atom. The Morgan fingerprint density at radius 1 is 1.44 bits per heavy atom. The molecule has 8 heteroatoms. The van der Waals surface area contributed by atoms with E-state index >= 15 is 0 Å². The van der Waals surface area contributed by atoms with Crippen LogP contribution in [0.1, 0.15) is 30.6 Å². The summed E-state index contributed by atoms with van der Waals surface area (Å²) >= 11 is 0. The highest BCUT2D eigenvalue weighted by molar-refractivity contribution is 6.62. The second-order valence-electron chi connectivity index (χ2n) is 5.70. The van der Waals surface area contributed by atoms with Crippen LogP contribution < -0.4 is 14.9 Å². The highest BCUT2D eigenvalue weighted by Gasteiger charge is 2.38. The van der Waals surface area contributed by atoms with Gasteiger partial charge in [-0.25, -0.2) is 0 Å². The van der Waals surface area contributed by atoms with E-state index in [0.29, 0.717) is 22.5 Å². The average Bonchev–Trinajstić information content (AvgIpc) is 2.86. The molecule has 2 heterocycles. The molecule has 1 aromatic carbocycles. The maximum Gasteiger partial charge on any atom is 0.492 e. The van der Waals surface area contributed by atoms with Gasteiger partial charge < -0.3 is 24.4 Å². The molecule has 7 nitrogen and oxygen atoms in total. The minimum Gasteiger partial charge on any atom is -0.616 e. The summed E-state index contributed by atoms with van der Waals surface area (Å²) < 4.78 is 16.7. The molecule has 1 N–H and O–H groups in total. The monoisotopic (exact) mass is 343 g/mol. The lowest BCUT2D eigenvalue weighted by Gasteiger charge is -2.14. The van der Waals surface area contributed by atoms with E-state index in [-0.39, 0.29) is 18.3 Å². The van der Waals surface area contributed by atoms with Crippen LogP contribution in [0, 0.1) is 12.1 Å². The van der Waals surface area contributed by atoms with Gasteiger partial charge in [0.1, 0.15) is 5.75 Å². The predicted octanol–water partition coefficient (Wildman–Crippen LogP) is 1.13. The molecule has 1 aromatic heterocycles. The van der Waals surface area contributed by atoms with E-state index in [2.05, 4.69) is 0 Å². The first-order valence-electron chi connectivity index (χ1n) is 7.99. The van der Waals surface area contributed by atoms with Crippen molar-refractivity contribution in [2.24, 2.45) is 0 Å². The third-order valence-electron chi connectivity index (χ3n) is 3.94. The van der Waals surface area contributed by atoms with Gasteiger partial charge in [-0.2, -0.15) is 0 Å². The number of nitrogens with zero attached hydrogens (tertiary/aromatic N) is 1. The van der Waals surface area contributed by atoms with E-state index in [9.17, 15) is 15.0 Å². The maximum absolute atomic E-state index is 11.7. The Kier molecular flexibility index (Phi) is 4.92. The molecule has 1 aliphatic rings. The number of hydrogen-bond donors (Lipinski definition) is 1. The van der Waals surface area contributed by atoms with Gasteiger partial charge in [-0.15, -0.1) is 4.73 Å². The Hall–Kier alpha value is -2.58. The largest absolute Gasteiger partial charge is 0.616 e. The first kappa shape index (κ1) is 17.3. The van der Waals surface area contributed by atoms with E-state index in [4.69, 9.17) is 14.1 Å². The number of ether oxygens (including phenoxy) is 2. The van der Waals surface area contributed by atoms with Crippen molar-refractivity contribution in [1.82, 2.24) is 0 Å². The van der Waals surface area contributed by atoms with Gasteiger partial charge in [-0.05, 0) is 48.6 Å². The third kappa shape index (κ3) is 3.59. The summed E-state index contributed by atoms with van der Waals surface area (Å²) in [4.78, 5) is 11.7. The van der Waals surface area contributed by atoms with Crippen LogP contribution in [0.15, 0.2) is 36.5 Å². The van der Waals surface area contributed by atoms with Gasteiger partial charge in [0.05, 0.1) is 25.2 Å². The van der Waals surface area contributed by atoms with Crippen molar-refractivity contribution in [3.05, 3.63) is 52.9 Å². The Bertz CT molecular complexity index is 797. The minimum atomic E-state index is -1.16. The number of rotatable bonds is 5. The fourth-order valence-electron chi connectivity index (χ4n) is 2.93. The fourth-order valence-corrected chi connectivity index (χ4v) is 2.93. The summed E-state index contributed by atoms with van der Waals surface area (Å²) in [5.41, 5.74) is 2.07. The number of carbonyl (C=O) groups is 1. The number of esters is 1. The molecule has 0 saturated carbocycles. The average molecular weight is 343 g/mol. The Labute approximate surface area is 145 Å². The molecule has 1 aliphatic heterocycles. The summed E-state index contributed by atoms with van der Waals surface area (Å²) in [5.74, 6) is 0.147. The van der Waals surface area contributed by atoms with Crippen LogP contribution >= 0.6 is 0 Å². The summed E-state index contributed by atoms with van der Waals surface area (Å²) in [6.45, 7) is 3.86. The first-order chi connectivity index (χ1) is 12.0. The lowest BCUT2D eigenvalue weighted by atomic mass is 9.77. The SMILES string of the molecule is CCOC(=O)CC1OB(O)c2cc(Oc3cccc[n+]3[O-])cc(C)c21. The lowest BCUT2D eigenvalue weighted by Crippen LogP contribution is -2.29. The van der Waals surface area contributed by atoms with Crippen molar-refractivity contribution in [3.8, 4) is 11.6 Å². The minimum absolute atomic E-state index is 0.0260. The molecule has 0 fully saturated rings. The molecule has 25 heavy (non-hydrogen) atoms. The van der Waals surface area contributed by atoms with Gasteiger partial charge in [0, 0.05) is 6.07 Å². The van der Waals surface area contributed by atoms with Gasteiger partial charge in [-0.1, -0.05) is 0 Å². The van der Waals surface area contributed by atoms with E-state index in [1.807, 2.05) is 6.92 Å². The summed E-state index contributed by atoms with van der Waals surface area (Å²) in [7, 11) is -1.16. The van der Waals surface area contributed by atoms with E-state index in [1.54, 1.807) is 37.3 Å². The standard InChI is InChI=1S/C17H18BNO6/c1-3-23-16(20)10-14-17-11(2)8-12(9-13(17)18(21)25-14)24-15-6-4-5-7-19(15)22/h4-9,14,21H,3,10H2,1-2H3. The van der Waals surface area contributed by atoms with Gasteiger partial charge >= 0.3 is 19.0 Å². The number of fused-ring (bicyclic) bond motifs is 1.